The summed E-state index contributed by atoms with van der Waals surface area (Å²) < 4.78 is 2.25. The number of imidazole rings is 1. The van der Waals surface area contributed by atoms with Crippen LogP contribution in [0.15, 0.2) is 24.3 Å². The summed E-state index contributed by atoms with van der Waals surface area (Å²) in [6, 6.07) is 11.0. The first-order chi connectivity index (χ1) is 9.83. The number of nitriles is 1. The van der Waals surface area contributed by atoms with Crippen molar-refractivity contribution in [3.05, 3.63) is 30.1 Å². The second kappa shape index (κ2) is 5.64. The van der Waals surface area contributed by atoms with Crippen molar-refractivity contribution in [1.29, 1.82) is 5.26 Å². The van der Waals surface area contributed by atoms with Crippen molar-refractivity contribution in [2.75, 3.05) is 0 Å². The van der Waals surface area contributed by atoms with Crippen molar-refractivity contribution in [3.63, 3.8) is 0 Å². The third kappa shape index (κ3) is 2.30. The van der Waals surface area contributed by atoms with E-state index in [0.717, 1.165) is 43.7 Å². The van der Waals surface area contributed by atoms with E-state index >= 15 is 0 Å². The standard InChI is InChI=1S/C16H20N4/c1-2-20-15-9-4-3-7-14(15)19-16(20)11-18-13-8-5-6-12(13)10-17/h3-4,7,9,12-13,18H,2,5-6,8,11H2,1H3. The first-order valence-electron chi connectivity index (χ1n) is 7.40. The van der Waals surface area contributed by atoms with Gasteiger partial charge in [0.1, 0.15) is 5.82 Å². The van der Waals surface area contributed by atoms with Crippen molar-refractivity contribution in [1.82, 2.24) is 14.9 Å². The van der Waals surface area contributed by atoms with Gasteiger partial charge in [-0.2, -0.15) is 5.26 Å². The van der Waals surface area contributed by atoms with E-state index < -0.39 is 0 Å². The maximum Gasteiger partial charge on any atom is 0.123 e. The van der Waals surface area contributed by atoms with Crippen molar-refractivity contribution in [2.24, 2.45) is 5.92 Å². The molecule has 1 aromatic heterocycles. The molecule has 1 aromatic carbocycles. The lowest BCUT2D eigenvalue weighted by molar-refractivity contribution is 0.452. The average molecular weight is 268 g/mol. The smallest absolute Gasteiger partial charge is 0.123 e. The molecule has 1 N–H and O–H groups in total. The zero-order valence-electron chi connectivity index (χ0n) is 11.8. The van der Waals surface area contributed by atoms with E-state index in [1.165, 1.54) is 5.52 Å². The summed E-state index contributed by atoms with van der Waals surface area (Å²) >= 11 is 0. The Hall–Kier alpha value is -1.86. The Morgan fingerprint density at radius 1 is 1.40 bits per heavy atom. The Kier molecular flexibility index (Phi) is 3.70. The topological polar surface area (TPSA) is 53.6 Å². The summed E-state index contributed by atoms with van der Waals surface area (Å²) in [5, 5.41) is 12.7. The summed E-state index contributed by atoms with van der Waals surface area (Å²) in [7, 11) is 0. The summed E-state index contributed by atoms with van der Waals surface area (Å²) in [5.74, 6) is 1.23. The Morgan fingerprint density at radius 3 is 3.05 bits per heavy atom. The Balaban J connectivity index is 1.79. The number of aromatic nitrogens is 2. The van der Waals surface area contributed by atoms with Crippen LogP contribution in [0.1, 0.15) is 32.0 Å². The van der Waals surface area contributed by atoms with Gasteiger partial charge in [0.25, 0.3) is 0 Å². The fraction of sp³-hybridized carbons (Fsp3) is 0.500. The first-order valence-corrected chi connectivity index (χ1v) is 7.40. The zero-order valence-corrected chi connectivity index (χ0v) is 11.8. The molecular weight excluding hydrogens is 248 g/mol. The van der Waals surface area contributed by atoms with Crippen molar-refractivity contribution in [2.45, 2.75) is 45.3 Å². The van der Waals surface area contributed by atoms with E-state index in [1.807, 2.05) is 6.07 Å². The van der Waals surface area contributed by atoms with E-state index in [2.05, 4.69) is 41.1 Å². The highest BCUT2D eigenvalue weighted by Gasteiger charge is 2.26. The van der Waals surface area contributed by atoms with Gasteiger partial charge in [-0.05, 0) is 31.9 Å². The zero-order chi connectivity index (χ0) is 13.9. The fourth-order valence-electron chi connectivity index (χ4n) is 3.19. The van der Waals surface area contributed by atoms with E-state index in [0.29, 0.717) is 6.04 Å². The molecular formula is C16H20N4. The highest BCUT2D eigenvalue weighted by atomic mass is 15.1. The van der Waals surface area contributed by atoms with E-state index in [1.54, 1.807) is 0 Å². The third-order valence-electron chi connectivity index (χ3n) is 4.25. The SMILES string of the molecule is CCn1c(CNC2CCCC2C#N)nc2ccccc21. The maximum absolute atomic E-state index is 9.14. The molecule has 104 valence electrons. The van der Waals surface area contributed by atoms with Crippen LogP contribution in [-0.4, -0.2) is 15.6 Å². The minimum absolute atomic E-state index is 0.162. The lowest BCUT2D eigenvalue weighted by Crippen LogP contribution is -2.32. The fourth-order valence-corrected chi connectivity index (χ4v) is 3.19. The van der Waals surface area contributed by atoms with Crippen LogP contribution in [0.2, 0.25) is 0 Å². The number of benzene rings is 1. The third-order valence-corrected chi connectivity index (χ3v) is 4.25. The molecule has 3 rings (SSSR count). The number of hydrogen-bond donors (Lipinski definition) is 1. The van der Waals surface area contributed by atoms with Gasteiger partial charge in [-0.15, -0.1) is 0 Å². The van der Waals surface area contributed by atoms with Crippen molar-refractivity contribution in [3.8, 4) is 6.07 Å². The second-order valence-electron chi connectivity index (χ2n) is 5.41. The first kappa shape index (κ1) is 13.1. The molecule has 0 bridgehead atoms. The molecule has 20 heavy (non-hydrogen) atoms. The van der Waals surface area contributed by atoms with Gasteiger partial charge in [0.2, 0.25) is 0 Å². The molecule has 0 radical (unpaired) electrons. The number of aryl methyl sites for hydroxylation is 1. The van der Waals surface area contributed by atoms with Crippen LogP contribution >= 0.6 is 0 Å². The summed E-state index contributed by atoms with van der Waals surface area (Å²) in [6.45, 7) is 3.81. The Labute approximate surface area is 119 Å². The quantitative estimate of drug-likeness (QED) is 0.927. The number of nitrogens with one attached hydrogen (secondary N) is 1. The molecule has 2 aromatic rings. The normalized spacial score (nSPS) is 22.2. The summed E-state index contributed by atoms with van der Waals surface area (Å²) in [6.07, 6.45) is 3.28. The van der Waals surface area contributed by atoms with E-state index in [9.17, 15) is 0 Å². The molecule has 1 aliphatic carbocycles. The molecule has 4 heteroatoms. The molecule has 0 spiro atoms. The van der Waals surface area contributed by atoms with Crippen LogP contribution in [-0.2, 0) is 13.1 Å². The van der Waals surface area contributed by atoms with Crippen LogP contribution in [0.3, 0.4) is 0 Å². The largest absolute Gasteiger partial charge is 0.327 e. The number of rotatable bonds is 4. The molecule has 4 nitrogen and oxygen atoms in total. The number of para-hydroxylation sites is 2. The van der Waals surface area contributed by atoms with Crippen molar-refractivity contribution >= 4 is 11.0 Å². The Morgan fingerprint density at radius 2 is 2.25 bits per heavy atom. The van der Waals surface area contributed by atoms with Crippen LogP contribution in [0, 0.1) is 17.2 Å². The number of hydrogen-bond acceptors (Lipinski definition) is 3. The van der Waals surface area contributed by atoms with Gasteiger partial charge in [0.15, 0.2) is 0 Å². The predicted octanol–water partition coefficient (Wildman–Crippen LogP) is 2.84. The van der Waals surface area contributed by atoms with Gasteiger partial charge in [0.05, 0.1) is 29.6 Å². The molecule has 0 aliphatic heterocycles. The van der Waals surface area contributed by atoms with Gasteiger partial charge in [-0.25, -0.2) is 4.98 Å². The summed E-state index contributed by atoms with van der Waals surface area (Å²) in [4.78, 5) is 4.71. The molecule has 0 saturated heterocycles. The van der Waals surface area contributed by atoms with E-state index in [-0.39, 0.29) is 5.92 Å². The van der Waals surface area contributed by atoms with Crippen LogP contribution in [0.5, 0.6) is 0 Å². The molecule has 2 unspecified atom stereocenters. The summed E-state index contributed by atoms with van der Waals surface area (Å²) in [5.41, 5.74) is 2.24. The molecule has 2 atom stereocenters. The lowest BCUT2D eigenvalue weighted by Gasteiger charge is -2.15. The lowest BCUT2D eigenvalue weighted by atomic mass is 10.1. The maximum atomic E-state index is 9.14. The minimum atomic E-state index is 0.162. The van der Waals surface area contributed by atoms with Crippen LogP contribution < -0.4 is 5.32 Å². The van der Waals surface area contributed by atoms with E-state index in [4.69, 9.17) is 10.2 Å². The monoisotopic (exact) mass is 268 g/mol. The molecule has 1 heterocycles. The van der Waals surface area contributed by atoms with Gasteiger partial charge in [0, 0.05) is 12.6 Å². The van der Waals surface area contributed by atoms with Gasteiger partial charge in [-0.3, -0.25) is 0 Å². The number of fused-ring (bicyclic) bond motifs is 1. The molecule has 1 aliphatic rings. The second-order valence-corrected chi connectivity index (χ2v) is 5.41. The molecule has 1 saturated carbocycles. The molecule has 0 amide bonds. The van der Waals surface area contributed by atoms with Gasteiger partial charge < -0.3 is 9.88 Å². The van der Waals surface area contributed by atoms with Crippen molar-refractivity contribution < 1.29 is 0 Å². The predicted molar refractivity (Wildman–Crippen MR) is 79.0 cm³/mol. The highest BCUT2D eigenvalue weighted by molar-refractivity contribution is 5.75. The highest BCUT2D eigenvalue weighted by Crippen LogP contribution is 2.25. The van der Waals surface area contributed by atoms with Crippen LogP contribution in [0.25, 0.3) is 11.0 Å². The average Bonchev–Trinajstić information content (AvgIpc) is 3.08. The van der Waals surface area contributed by atoms with Gasteiger partial charge in [-0.1, -0.05) is 18.6 Å². The van der Waals surface area contributed by atoms with Gasteiger partial charge >= 0.3 is 0 Å². The Bertz CT molecular complexity index is 637. The minimum Gasteiger partial charge on any atom is -0.327 e. The number of nitrogens with zero attached hydrogens (tertiary/aromatic N) is 3. The molecule has 1 fully saturated rings. The van der Waals surface area contributed by atoms with Crippen LogP contribution in [0.4, 0.5) is 0 Å².